The van der Waals surface area contributed by atoms with Crippen molar-refractivity contribution in [1.29, 1.82) is 0 Å². The molecule has 9 heterocycles. The molecule has 0 radical (unpaired) electrons. The molecule has 133 heavy (non-hydrogen) atoms. The Morgan fingerprint density at radius 2 is 0.346 bits per heavy atom. The zero-order valence-corrected chi connectivity index (χ0v) is 73.8. The summed E-state index contributed by atoms with van der Waals surface area (Å²) in [7, 11) is 8.71. The molecule has 9 nitrogen and oxygen atoms in total. The normalized spacial score (nSPS) is 11.9. The Balaban J connectivity index is 0.0000000935. The minimum Gasteiger partial charge on any atom is -0.344 e. The van der Waals surface area contributed by atoms with Crippen LogP contribution in [0.15, 0.2) is 455 Å². The third-order valence-electron chi connectivity index (χ3n) is 28.2. The van der Waals surface area contributed by atoms with E-state index in [1.54, 1.807) is 0 Å². The van der Waals surface area contributed by atoms with Gasteiger partial charge in [-0.3, -0.25) is 0 Å². The van der Waals surface area contributed by atoms with E-state index in [-0.39, 0.29) is 0 Å². The Labute approximate surface area is 766 Å². The highest BCUT2D eigenvalue weighted by atomic mass is 15.1. The maximum atomic E-state index is 2.48. The van der Waals surface area contributed by atoms with Crippen molar-refractivity contribution < 1.29 is 0 Å². The summed E-state index contributed by atoms with van der Waals surface area (Å²) in [5.74, 6) is 0. The van der Waals surface area contributed by atoms with Crippen molar-refractivity contribution in [2.45, 2.75) is 0 Å². The van der Waals surface area contributed by atoms with Crippen LogP contribution in [-0.4, -0.2) is 41.1 Å². The molecule has 20 aromatic carbocycles. The molecule has 0 saturated carbocycles. The first-order valence-corrected chi connectivity index (χ1v) is 45.8. The van der Waals surface area contributed by atoms with Crippen LogP contribution in [0.4, 0.5) is 0 Å². The van der Waals surface area contributed by atoms with Crippen molar-refractivity contribution in [3.05, 3.63) is 455 Å². The lowest BCUT2D eigenvalue weighted by Crippen LogP contribution is -1.98. The van der Waals surface area contributed by atoms with E-state index in [1.807, 2.05) is 0 Å². The van der Waals surface area contributed by atoms with Crippen molar-refractivity contribution in [3.63, 3.8) is 0 Å². The summed E-state index contributed by atoms with van der Waals surface area (Å²) in [5.41, 5.74) is 33.4. The molecule has 9 heteroatoms. The van der Waals surface area contributed by atoms with Gasteiger partial charge in [0.25, 0.3) is 0 Å². The summed E-state index contributed by atoms with van der Waals surface area (Å²) in [5, 5.41) is 23.6. The van der Waals surface area contributed by atoms with Crippen LogP contribution in [0, 0.1) is 0 Å². The molecule has 0 fully saturated rings. The highest BCUT2D eigenvalue weighted by Crippen LogP contribution is 2.51. The Bertz CT molecular complexity index is 9730. The van der Waals surface area contributed by atoms with Crippen LogP contribution < -0.4 is 0 Å². The van der Waals surface area contributed by atoms with Gasteiger partial charge in [0.1, 0.15) is 0 Å². The quantitative estimate of drug-likeness (QED) is 0.153. The van der Waals surface area contributed by atoms with Gasteiger partial charge in [-0.25, -0.2) is 0 Å². The number of hydrogen-bond donors (Lipinski definition) is 0. The van der Waals surface area contributed by atoms with Crippen LogP contribution in [-0.2, 0) is 28.2 Å². The van der Waals surface area contributed by atoms with E-state index in [2.05, 4.69) is 524 Å². The van der Waals surface area contributed by atoms with Gasteiger partial charge in [0, 0.05) is 192 Å². The molecule has 0 unspecified atom stereocenters. The van der Waals surface area contributed by atoms with Gasteiger partial charge in [-0.05, 0) is 174 Å². The number of aryl methyl sites for hydroxylation is 4. The van der Waals surface area contributed by atoms with Crippen LogP contribution in [0.2, 0.25) is 0 Å². The SMILES string of the molecule is Cn1c2ccccc2c2c3c4ccccc4n(-c4ccc(-c5ccccc5)cc4)c3ccc21.Cn1c2ccccc2c2c3c4ccccc4n(-c4cccc(-c5ccccc5)c4)c3ccc21.Cn1c2ccccc2c2c3c4ccccc4n(-c4ccccc4)c3c3c4ccccc4n(-c4ccccc4)c3c21.Cn1c2ccccc2c2c3c4ccccc4n(-c4ccccc4)c3ccc21. The molecular formula is C124H87N9. The standard InChI is InChI=1S/C37H25N3.2C31H22N2.C25H18N2/c1-38-29-21-11-8-18-26(29)33-32-27-19-9-12-22-30(27)39(24-14-4-2-5-15-24)35(32)34-28-20-10-13-23-31(28)40(37(34)36(33)38)25-16-6-3-7-17-25;1-32-26-16-7-5-14-24(26)30-28(32)18-19-29-31(30)25-15-6-8-17-27(25)33(29)23-13-9-12-22(20-23)21-10-3-2-4-11-21;1-32-26-13-7-5-11-24(26)30-28(32)19-20-29-31(30)25-12-6-8-14-27(25)33(29)23-17-15-22(16-18-23)21-9-3-2-4-10-21;1-26-20-13-7-5-11-18(20)24-22(26)15-16-23-25(24)19-12-6-8-14-21(19)27(23)17-9-3-2-4-10-17/h2-23H,1H3;2*2-20H,1H3;2-16H,1H3. The van der Waals surface area contributed by atoms with Crippen LogP contribution in [0.1, 0.15) is 0 Å². The Morgan fingerprint density at radius 1 is 0.120 bits per heavy atom. The number of fused-ring (bicyclic) bond motifs is 33. The zero-order chi connectivity index (χ0) is 88.2. The lowest BCUT2D eigenvalue weighted by molar-refractivity contribution is 1.01. The smallest absolute Gasteiger partial charge is 0.0806 e. The maximum absolute atomic E-state index is 2.48. The molecule has 0 saturated heterocycles. The summed E-state index contributed by atoms with van der Waals surface area (Å²) >= 11 is 0. The van der Waals surface area contributed by atoms with E-state index in [0.29, 0.717) is 0 Å². The van der Waals surface area contributed by atoms with Gasteiger partial charge < -0.3 is 41.1 Å². The van der Waals surface area contributed by atoms with Crippen LogP contribution in [0.5, 0.6) is 0 Å². The average Bonchev–Trinajstić information content (AvgIpc) is 1.51. The van der Waals surface area contributed by atoms with Crippen molar-refractivity contribution in [1.82, 2.24) is 41.1 Å². The number of hydrogen-bond acceptors (Lipinski definition) is 0. The number of benzene rings is 20. The molecular weight excluding hydrogens is 1620 g/mol. The topological polar surface area (TPSA) is 44.4 Å². The van der Waals surface area contributed by atoms with Crippen LogP contribution in [0.3, 0.4) is 0 Å². The first-order valence-electron chi connectivity index (χ1n) is 45.8. The van der Waals surface area contributed by atoms with E-state index in [1.165, 1.54) is 247 Å². The molecule has 0 amide bonds. The minimum atomic E-state index is 1.17. The monoisotopic (exact) mass is 1700 g/mol. The summed E-state index contributed by atoms with van der Waals surface area (Å²) in [6, 6.07) is 164. The largest absolute Gasteiger partial charge is 0.344 e. The number of aromatic nitrogens is 9. The van der Waals surface area contributed by atoms with Gasteiger partial charge in [-0.2, -0.15) is 0 Å². The fraction of sp³-hybridized carbons (Fsp3) is 0.0323. The zero-order valence-electron chi connectivity index (χ0n) is 73.8. The van der Waals surface area contributed by atoms with Crippen molar-refractivity contribution in [3.8, 4) is 50.7 Å². The van der Waals surface area contributed by atoms with E-state index < -0.39 is 0 Å². The summed E-state index contributed by atoms with van der Waals surface area (Å²) in [6.07, 6.45) is 0. The molecule has 9 aromatic heterocycles. The molecule has 628 valence electrons. The third-order valence-corrected chi connectivity index (χ3v) is 28.2. The molecule has 0 N–H and O–H groups in total. The van der Waals surface area contributed by atoms with E-state index >= 15 is 0 Å². The fourth-order valence-electron chi connectivity index (χ4n) is 22.5. The molecule has 0 atom stereocenters. The number of para-hydroxylation sites is 12. The predicted molar refractivity (Wildman–Crippen MR) is 564 cm³/mol. The van der Waals surface area contributed by atoms with Gasteiger partial charge in [0.15, 0.2) is 0 Å². The van der Waals surface area contributed by atoms with Crippen molar-refractivity contribution in [2.24, 2.45) is 28.2 Å². The molecule has 29 aromatic rings. The van der Waals surface area contributed by atoms with E-state index in [0.717, 1.165) is 0 Å². The number of nitrogens with zero attached hydrogens (tertiary/aromatic N) is 9. The lowest BCUT2D eigenvalue weighted by atomic mass is 10.0. The maximum Gasteiger partial charge on any atom is 0.0806 e. The van der Waals surface area contributed by atoms with Gasteiger partial charge in [-0.1, -0.05) is 303 Å². The van der Waals surface area contributed by atoms with Gasteiger partial charge >= 0.3 is 0 Å². The molecule has 0 aliphatic carbocycles. The summed E-state index contributed by atoms with van der Waals surface area (Å²) in [6.45, 7) is 0. The van der Waals surface area contributed by atoms with Crippen LogP contribution in [0.25, 0.3) is 247 Å². The van der Waals surface area contributed by atoms with Crippen molar-refractivity contribution >= 4 is 196 Å². The summed E-state index contributed by atoms with van der Waals surface area (Å²) in [4.78, 5) is 0. The molecule has 0 aliphatic rings. The second-order valence-electron chi connectivity index (χ2n) is 35.1. The molecule has 0 aliphatic heterocycles. The lowest BCUT2D eigenvalue weighted by Gasteiger charge is -2.12. The highest BCUT2D eigenvalue weighted by Gasteiger charge is 2.30. The van der Waals surface area contributed by atoms with Crippen molar-refractivity contribution in [2.75, 3.05) is 0 Å². The second-order valence-corrected chi connectivity index (χ2v) is 35.1. The van der Waals surface area contributed by atoms with E-state index in [4.69, 9.17) is 0 Å². The first-order chi connectivity index (χ1) is 65.8. The number of rotatable bonds is 7. The van der Waals surface area contributed by atoms with Gasteiger partial charge in [0.2, 0.25) is 0 Å². The van der Waals surface area contributed by atoms with Gasteiger partial charge in [-0.15, -0.1) is 0 Å². The average molecular weight is 1700 g/mol. The molecule has 0 bridgehead atoms. The van der Waals surface area contributed by atoms with E-state index in [9.17, 15) is 0 Å². The molecule has 29 rings (SSSR count). The molecule has 0 spiro atoms. The van der Waals surface area contributed by atoms with Crippen LogP contribution >= 0.6 is 0 Å². The Kier molecular flexibility index (Phi) is 17.7. The third kappa shape index (κ3) is 11.7. The Morgan fingerprint density at radius 3 is 0.729 bits per heavy atom. The minimum absolute atomic E-state index is 1.17. The predicted octanol–water partition coefficient (Wildman–Crippen LogP) is 32.1. The van der Waals surface area contributed by atoms with Gasteiger partial charge in [0.05, 0.1) is 60.7 Å². The second kappa shape index (κ2) is 30.7. The highest BCUT2D eigenvalue weighted by molar-refractivity contribution is 6.41. The first kappa shape index (κ1) is 76.8. The fourth-order valence-corrected chi connectivity index (χ4v) is 22.5. The Hall–Kier alpha value is -17.4. The summed E-state index contributed by atoms with van der Waals surface area (Å²) < 4.78 is 21.5.